The standard InChI is InChI=1S/C17H19F3N4O2S/c1-24(15-12(8-21)9-23-16-14(15)2-4-22-16)13-6-11(7-13)10-27(25,26)5-3-17(18,19)20/h2,4,9,11,13H,3,5-7,10H2,1H3,(H,22,23). The molecule has 0 saturated heterocycles. The maximum absolute atomic E-state index is 12.2. The predicted octanol–water partition coefficient (Wildman–Crippen LogP) is 3.02. The molecule has 3 rings (SSSR count). The van der Waals surface area contributed by atoms with Crippen LogP contribution in [-0.4, -0.2) is 49.2 Å². The molecule has 0 unspecified atom stereocenters. The number of nitriles is 1. The molecule has 27 heavy (non-hydrogen) atoms. The van der Waals surface area contributed by atoms with E-state index in [0.29, 0.717) is 24.1 Å². The Morgan fingerprint density at radius 2 is 2.11 bits per heavy atom. The molecule has 0 bridgehead atoms. The quantitative estimate of drug-likeness (QED) is 0.805. The van der Waals surface area contributed by atoms with Crippen molar-refractivity contribution in [2.75, 3.05) is 23.5 Å². The lowest BCUT2D eigenvalue weighted by atomic mass is 9.80. The normalized spacial score (nSPS) is 20.3. The molecule has 1 saturated carbocycles. The van der Waals surface area contributed by atoms with Crippen LogP contribution in [0.25, 0.3) is 11.0 Å². The number of nitrogens with one attached hydrogen (secondary N) is 1. The fourth-order valence-corrected chi connectivity index (χ4v) is 5.20. The first-order chi connectivity index (χ1) is 12.6. The molecule has 0 radical (unpaired) electrons. The SMILES string of the molecule is CN(c1c(C#N)cnc2[nH]ccc12)C1CC(CS(=O)(=O)CCC(F)(F)F)C1. The molecule has 1 aliphatic carbocycles. The molecule has 0 spiro atoms. The first-order valence-corrected chi connectivity index (χ1v) is 10.3. The minimum absolute atomic E-state index is 0.0282. The molecule has 1 fully saturated rings. The third-order valence-electron chi connectivity index (χ3n) is 4.98. The van der Waals surface area contributed by atoms with Crippen molar-refractivity contribution in [1.82, 2.24) is 9.97 Å². The Hall–Kier alpha value is -2.28. The fraction of sp³-hybridized carbons (Fsp3) is 0.529. The number of pyridine rings is 1. The van der Waals surface area contributed by atoms with E-state index in [2.05, 4.69) is 16.0 Å². The van der Waals surface area contributed by atoms with Crippen LogP contribution in [0.15, 0.2) is 18.5 Å². The van der Waals surface area contributed by atoms with Gasteiger partial charge in [0.25, 0.3) is 0 Å². The van der Waals surface area contributed by atoms with Gasteiger partial charge >= 0.3 is 6.18 Å². The highest BCUT2D eigenvalue weighted by molar-refractivity contribution is 7.91. The van der Waals surface area contributed by atoms with E-state index < -0.39 is 28.2 Å². The summed E-state index contributed by atoms with van der Waals surface area (Å²) in [5.74, 6) is -1.25. The number of hydrogen-bond donors (Lipinski definition) is 1. The molecule has 10 heteroatoms. The van der Waals surface area contributed by atoms with Gasteiger partial charge < -0.3 is 9.88 Å². The van der Waals surface area contributed by atoms with Crippen LogP contribution in [0.2, 0.25) is 0 Å². The highest BCUT2D eigenvalue weighted by Crippen LogP contribution is 2.38. The summed E-state index contributed by atoms with van der Waals surface area (Å²) in [6.45, 7) is 0. The second kappa shape index (κ2) is 7.03. The van der Waals surface area contributed by atoms with Crippen molar-refractivity contribution in [1.29, 1.82) is 5.26 Å². The highest BCUT2D eigenvalue weighted by Gasteiger charge is 2.37. The topological polar surface area (TPSA) is 89.8 Å². The predicted molar refractivity (Wildman–Crippen MR) is 95.0 cm³/mol. The Labute approximate surface area is 154 Å². The summed E-state index contributed by atoms with van der Waals surface area (Å²) in [6.07, 6.45) is -1.44. The van der Waals surface area contributed by atoms with E-state index in [9.17, 15) is 26.9 Å². The minimum Gasteiger partial charge on any atom is -0.370 e. The van der Waals surface area contributed by atoms with Crippen molar-refractivity contribution in [2.45, 2.75) is 31.5 Å². The number of H-pyrrole nitrogens is 1. The van der Waals surface area contributed by atoms with Crippen LogP contribution < -0.4 is 4.90 Å². The molecular formula is C17H19F3N4O2S. The molecule has 2 aromatic heterocycles. The van der Waals surface area contributed by atoms with Gasteiger partial charge in [-0.2, -0.15) is 18.4 Å². The zero-order valence-electron chi connectivity index (χ0n) is 14.6. The van der Waals surface area contributed by atoms with Crippen LogP contribution in [0.3, 0.4) is 0 Å². The van der Waals surface area contributed by atoms with Crippen molar-refractivity contribution >= 4 is 26.6 Å². The zero-order valence-corrected chi connectivity index (χ0v) is 15.4. The van der Waals surface area contributed by atoms with Gasteiger partial charge in [-0.05, 0) is 24.8 Å². The molecule has 1 aliphatic rings. The second-order valence-electron chi connectivity index (χ2n) is 6.95. The molecule has 146 valence electrons. The van der Waals surface area contributed by atoms with Gasteiger partial charge in [-0.25, -0.2) is 13.4 Å². The van der Waals surface area contributed by atoms with Crippen LogP contribution in [0.5, 0.6) is 0 Å². The van der Waals surface area contributed by atoms with Gasteiger partial charge in [0.05, 0.1) is 29.2 Å². The van der Waals surface area contributed by atoms with Gasteiger partial charge in [0, 0.05) is 30.9 Å². The van der Waals surface area contributed by atoms with E-state index in [0.717, 1.165) is 11.1 Å². The Balaban J connectivity index is 1.65. The molecule has 0 aromatic carbocycles. The molecule has 0 aliphatic heterocycles. The molecular weight excluding hydrogens is 381 g/mol. The van der Waals surface area contributed by atoms with Gasteiger partial charge in [0.1, 0.15) is 11.7 Å². The number of sulfone groups is 1. The number of nitrogens with zero attached hydrogens (tertiary/aromatic N) is 3. The fourth-order valence-electron chi connectivity index (χ4n) is 3.50. The maximum Gasteiger partial charge on any atom is 0.390 e. The smallest absolute Gasteiger partial charge is 0.370 e. The monoisotopic (exact) mass is 400 g/mol. The Morgan fingerprint density at radius 1 is 1.41 bits per heavy atom. The Bertz CT molecular complexity index is 972. The van der Waals surface area contributed by atoms with E-state index in [1.165, 1.54) is 6.20 Å². The zero-order chi connectivity index (χ0) is 19.8. The van der Waals surface area contributed by atoms with Gasteiger partial charge in [0.2, 0.25) is 0 Å². The van der Waals surface area contributed by atoms with E-state index in [1.54, 1.807) is 6.20 Å². The largest absolute Gasteiger partial charge is 0.390 e. The lowest BCUT2D eigenvalue weighted by Crippen LogP contribution is -2.45. The molecule has 0 amide bonds. The Kier molecular flexibility index (Phi) is 5.08. The lowest BCUT2D eigenvalue weighted by Gasteiger charge is -2.42. The number of alkyl halides is 3. The van der Waals surface area contributed by atoms with E-state index in [4.69, 9.17) is 0 Å². The van der Waals surface area contributed by atoms with Crippen LogP contribution in [-0.2, 0) is 9.84 Å². The average Bonchev–Trinajstić information content (AvgIpc) is 3.02. The third kappa shape index (κ3) is 4.35. The van der Waals surface area contributed by atoms with Crippen LogP contribution in [0.1, 0.15) is 24.8 Å². The summed E-state index contributed by atoms with van der Waals surface area (Å²) in [5, 5.41) is 10.2. The number of anilines is 1. The number of aromatic nitrogens is 2. The Morgan fingerprint density at radius 3 is 2.74 bits per heavy atom. The summed E-state index contributed by atoms with van der Waals surface area (Å²) >= 11 is 0. The van der Waals surface area contributed by atoms with Gasteiger partial charge in [-0.3, -0.25) is 0 Å². The number of fused-ring (bicyclic) bond motifs is 1. The van der Waals surface area contributed by atoms with E-state index in [1.807, 2.05) is 18.0 Å². The maximum atomic E-state index is 12.2. The van der Waals surface area contributed by atoms with Gasteiger partial charge in [-0.15, -0.1) is 0 Å². The first-order valence-electron chi connectivity index (χ1n) is 8.46. The van der Waals surface area contributed by atoms with Crippen molar-refractivity contribution in [2.24, 2.45) is 5.92 Å². The van der Waals surface area contributed by atoms with E-state index >= 15 is 0 Å². The number of aromatic amines is 1. The van der Waals surface area contributed by atoms with Crippen LogP contribution in [0.4, 0.5) is 18.9 Å². The summed E-state index contributed by atoms with van der Waals surface area (Å²) in [5.41, 5.74) is 1.81. The first kappa shape index (κ1) is 19.5. The van der Waals surface area contributed by atoms with Gasteiger partial charge in [-0.1, -0.05) is 0 Å². The second-order valence-corrected chi connectivity index (χ2v) is 9.18. The van der Waals surface area contributed by atoms with Crippen molar-refractivity contribution in [3.63, 3.8) is 0 Å². The van der Waals surface area contributed by atoms with Crippen LogP contribution >= 0.6 is 0 Å². The number of rotatable bonds is 6. The lowest BCUT2D eigenvalue weighted by molar-refractivity contribution is -0.129. The molecule has 2 aromatic rings. The van der Waals surface area contributed by atoms with E-state index in [-0.39, 0.29) is 17.7 Å². The van der Waals surface area contributed by atoms with Crippen molar-refractivity contribution in [3.8, 4) is 6.07 Å². The molecule has 2 heterocycles. The summed E-state index contributed by atoms with van der Waals surface area (Å²) in [4.78, 5) is 9.11. The summed E-state index contributed by atoms with van der Waals surface area (Å²) < 4.78 is 60.5. The van der Waals surface area contributed by atoms with Crippen molar-refractivity contribution in [3.05, 3.63) is 24.0 Å². The summed E-state index contributed by atoms with van der Waals surface area (Å²) in [7, 11) is -1.90. The van der Waals surface area contributed by atoms with Crippen LogP contribution in [0, 0.1) is 17.2 Å². The molecule has 1 N–H and O–H groups in total. The third-order valence-corrected chi connectivity index (χ3v) is 6.78. The average molecular weight is 400 g/mol. The van der Waals surface area contributed by atoms with Gasteiger partial charge in [0.15, 0.2) is 9.84 Å². The highest BCUT2D eigenvalue weighted by atomic mass is 32.2. The number of hydrogen-bond acceptors (Lipinski definition) is 5. The number of halogens is 3. The molecule has 6 nitrogen and oxygen atoms in total. The summed E-state index contributed by atoms with van der Waals surface area (Å²) in [6, 6.07) is 3.98. The minimum atomic E-state index is -4.47. The molecule has 0 atom stereocenters. The van der Waals surface area contributed by atoms with Crippen molar-refractivity contribution < 1.29 is 21.6 Å².